The predicted molar refractivity (Wildman–Crippen MR) is 117 cm³/mol. The maximum Gasteiger partial charge on any atom is 0.274 e. The van der Waals surface area contributed by atoms with E-state index in [1.54, 1.807) is 0 Å². The van der Waals surface area contributed by atoms with E-state index in [9.17, 15) is 4.79 Å². The highest BCUT2D eigenvalue weighted by molar-refractivity contribution is 5.92. The molecule has 29 heavy (non-hydrogen) atoms. The van der Waals surface area contributed by atoms with Crippen LogP contribution < -0.4 is 9.80 Å². The molecule has 0 spiro atoms. The Hall–Kier alpha value is -2.63. The summed E-state index contributed by atoms with van der Waals surface area (Å²) in [6.07, 6.45) is 2.27. The summed E-state index contributed by atoms with van der Waals surface area (Å²) >= 11 is 0. The first kappa shape index (κ1) is 19.7. The molecule has 6 heteroatoms. The van der Waals surface area contributed by atoms with E-state index in [4.69, 9.17) is 0 Å². The molecule has 0 N–H and O–H groups in total. The van der Waals surface area contributed by atoms with E-state index in [0.717, 1.165) is 51.5 Å². The van der Waals surface area contributed by atoms with Gasteiger partial charge >= 0.3 is 0 Å². The molecule has 1 amide bonds. The molecule has 0 radical (unpaired) electrons. The Balaban J connectivity index is 1.38. The van der Waals surface area contributed by atoms with Crippen molar-refractivity contribution >= 4 is 17.4 Å². The maximum absolute atomic E-state index is 12.7. The van der Waals surface area contributed by atoms with Gasteiger partial charge in [-0.2, -0.15) is 0 Å². The largest absolute Gasteiger partial charge is 0.368 e. The molecule has 2 aromatic rings. The van der Waals surface area contributed by atoms with Crippen molar-refractivity contribution in [3.05, 3.63) is 47.2 Å². The molecule has 1 aromatic heterocycles. The van der Waals surface area contributed by atoms with Gasteiger partial charge in [0.25, 0.3) is 5.91 Å². The lowest BCUT2D eigenvalue weighted by Crippen LogP contribution is -2.47. The molecule has 6 nitrogen and oxygen atoms in total. The van der Waals surface area contributed by atoms with Gasteiger partial charge < -0.3 is 14.7 Å². The second kappa shape index (κ2) is 8.39. The van der Waals surface area contributed by atoms with Crippen molar-refractivity contribution < 1.29 is 4.79 Å². The van der Waals surface area contributed by atoms with E-state index in [1.165, 1.54) is 23.2 Å². The first-order chi connectivity index (χ1) is 14.0. The fourth-order valence-corrected chi connectivity index (χ4v) is 4.40. The highest BCUT2D eigenvalue weighted by Gasteiger charge is 2.24. The van der Waals surface area contributed by atoms with Crippen LogP contribution in [0.25, 0.3) is 0 Å². The minimum Gasteiger partial charge on any atom is -0.368 e. The Morgan fingerprint density at radius 1 is 0.966 bits per heavy atom. The first-order valence-corrected chi connectivity index (χ1v) is 10.7. The number of piperazine rings is 1. The minimum atomic E-state index is 0.00958. The summed E-state index contributed by atoms with van der Waals surface area (Å²) in [5.74, 6) is 1.43. The number of hydrogen-bond acceptors (Lipinski definition) is 5. The van der Waals surface area contributed by atoms with Crippen molar-refractivity contribution in [1.82, 2.24) is 15.1 Å². The second-order valence-electron chi connectivity index (χ2n) is 8.47. The zero-order valence-corrected chi connectivity index (χ0v) is 17.8. The zero-order valence-electron chi connectivity index (χ0n) is 17.8. The fourth-order valence-electron chi connectivity index (χ4n) is 4.40. The van der Waals surface area contributed by atoms with Crippen LogP contribution in [0.5, 0.6) is 0 Å². The van der Waals surface area contributed by atoms with E-state index in [1.807, 2.05) is 17.0 Å². The number of anilines is 2. The van der Waals surface area contributed by atoms with Crippen LogP contribution in [0.3, 0.4) is 0 Å². The molecular formula is C23H31N5O. The van der Waals surface area contributed by atoms with Crippen molar-refractivity contribution in [3.63, 3.8) is 0 Å². The summed E-state index contributed by atoms with van der Waals surface area (Å²) in [6.45, 7) is 11.9. The summed E-state index contributed by atoms with van der Waals surface area (Å²) in [5, 5.41) is 8.64. The number of rotatable bonds is 3. The number of carbonyl (C=O) groups excluding carboxylic acids is 1. The Kier molecular flexibility index (Phi) is 5.69. The van der Waals surface area contributed by atoms with E-state index in [0.29, 0.717) is 11.6 Å². The Morgan fingerprint density at radius 2 is 1.72 bits per heavy atom. The highest BCUT2D eigenvalue weighted by Crippen LogP contribution is 2.25. The molecule has 3 heterocycles. The number of likely N-dealkylation sites (tertiary alicyclic amines) is 1. The van der Waals surface area contributed by atoms with Crippen LogP contribution in [0.15, 0.2) is 30.3 Å². The average Bonchev–Trinajstić information content (AvgIpc) is 2.75. The van der Waals surface area contributed by atoms with Crippen LogP contribution in [0, 0.1) is 19.8 Å². The van der Waals surface area contributed by atoms with Crippen molar-refractivity contribution in [3.8, 4) is 0 Å². The monoisotopic (exact) mass is 393 g/mol. The molecule has 1 unspecified atom stereocenters. The summed E-state index contributed by atoms with van der Waals surface area (Å²) in [5.41, 5.74) is 4.47. The summed E-state index contributed by atoms with van der Waals surface area (Å²) < 4.78 is 0. The van der Waals surface area contributed by atoms with Gasteiger partial charge in [-0.1, -0.05) is 19.1 Å². The number of benzene rings is 1. The van der Waals surface area contributed by atoms with E-state index >= 15 is 0 Å². The van der Waals surface area contributed by atoms with Gasteiger partial charge in [-0.05, 0) is 61.9 Å². The third kappa shape index (κ3) is 4.21. The molecule has 1 atom stereocenters. The standard InChI is InChI=1S/C23H31N5O/c1-17-6-5-11-28(16-17)23(29)20-9-10-22(25-24-20)27-14-12-26(13-15-27)21-8-4-7-18(2)19(21)3/h4,7-10,17H,5-6,11-16H2,1-3H3. The Bertz CT molecular complexity index is 858. The lowest BCUT2D eigenvalue weighted by Gasteiger charge is -2.37. The minimum absolute atomic E-state index is 0.00958. The number of hydrogen-bond donors (Lipinski definition) is 0. The summed E-state index contributed by atoms with van der Waals surface area (Å²) in [6, 6.07) is 10.3. The highest BCUT2D eigenvalue weighted by atomic mass is 16.2. The van der Waals surface area contributed by atoms with E-state index < -0.39 is 0 Å². The normalized spacial score (nSPS) is 20.1. The van der Waals surface area contributed by atoms with Gasteiger partial charge in [0.1, 0.15) is 0 Å². The lowest BCUT2D eigenvalue weighted by atomic mass is 10.00. The van der Waals surface area contributed by atoms with Crippen LogP contribution in [-0.4, -0.2) is 60.3 Å². The van der Waals surface area contributed by atoms with Gasteiger partial charge in [0, 0.05) is 45.0 Å². The smallest absolute Gasteiger partial charge is 0.274 e. The molecule has 0 saturated carbocycles. The third-order valence-electron chi connectivity index (χ3n) is 6.33. The number of aryl methyl sites for hydroxylation is 1. The topological polar surface area (TPSA) is 52.6 Å². The van der Waals surface area contributed by atoms with E-state index in [2.05, 4.69) is 59.0 Å². The van der Waals surface area contributed by atoms with Crippen LogP contribution >= 0.6 is 0 Å². The molecule has 1 aromatic carbocycles. The van der Waals surface area contributed by atoms with Crippen LogP contribution in [0.4, 0.5) is 11.5 Å². The third-order valence-corrected chi connectivity index (χ3v) is 6.33. The van der Waals surface area contributed by atoms with Gasteiger partial charge in [0.2, 0.25) is 0 Å². The van der Waals surface area contributed by atoms with Crippen molar-refractivity contribution in [2.24, 2.45) is 5.92 Å². The molecule has 4 rings (SSSR count). The van der Waals surface area contributed by atoms with Gasteiger partial charge in [-0.25, -0.2) is 0 Å². The molecular weight excluding hydrogens is 362 g/mol. The maximum atomic E-state index is 12.7. The SMILES string of the molecule is Cc1cccc(N2CCN(c3ccc(C(=O)N4CCCC(C)C4)nn3)CC2)c1C. The van der Waals surface area contributed by atoms with E-state index in [-0.39, 0.29) is 5.91 Å². The molecule has 2 saturated heterocycles. The Labute approximate surface area is 173 Å². The molecule has 2 fully saturated rings. The van der Waals surface area contributed by atoms with Gasteiger partial charge in [-0.15, -0.1) is 10.2 Å². The molecule has 154 valence electrons. The van der Waals surface area contributed by atoms with Gasteiger partial charge in [-0.3, -0.25) is 4.79 Å². The molecule has 2 aliphatic heterocycles. The molecule has 2 aliphatic rings. The molecule has 0 bridgehead atoms. The van der Waals surface area contributed by atoms with Crippen LogP contribution in [0.1, 0.15) is 41.4 Å². The first-order valence-electron chi connectivity index (χ1n) is 10.7. The average molecular weight is 394 g/mol. The number of carbonyl (C=O) groups is 1. The van der Waals surface area contributed by atoms with Crippen LogP contribution in [0.2, 0.25) is 0 Å². The fraction of sp³-hybridized carbons (Fsp3) is 0.522. The molecule has 0 aliphatic carbocycles. The van der Waals surface area contributed by atoms with Crippen molar-refractivity contribution in [2.45, 2.75) is 33.6 Å². The number of piperidine rings is 1. The predicted octanol–water partition coefficient (Wildman–Crippen LogP) is 3.29. The zero-order chi connectivity index (χ0) is 20.4. The van der Waals surface area contributed by atoms with Crippen molar-refractivity contribution in [2.75, 3.05) is 49.1 Å². The summed E-state index contributed by atoms with van der Waals surface area (Å²) in [7, 11) is 0. The van der Waals surface area contributed by atoms with Crippen molar-refractivity contribution in [1.29, 1.82) is 0 Å². The quantitative estimate of drug-likeness (QED) is 0.801. The number of amides is 1. The van der Waals surface area contributed by atoms with Gasteiger partial charge in [0.05, 0.1) is 0 Å². The Morgan fingerprint density at radius 3 is 2.41 bits per heavy atom. The number of aromatic nitrogens is 2. The summed E-state index contributed by atoms with van der Waals surface area (Å²) in [4.78, 5) is 19.3. The van der Waals surface area contributed by atoms with Crippen LogP contribution in [-0.2, 0) is 0 Å². The second-order valence-corrected chi connectivity index (χ2v) is 8.47. The number of nitrogens with zero attached hydrogens (tertiary/aromatic N) is 5. The lowest BCUT2D eigenvalue weighted by molar-refractivity contribution is 0.0676. The van der Waals surface area contributed by atoms with Gasteiger partial charge in [0.15, 0.2) is 11.5 Å².